The molecular formula is C13H16O. The summed E-state index contributed by atoms with van der Waals surface area (Å²) in [5.41, 5.74) is 2.52. The van der Waals surface area contributed by atoms with Gasteiger partial charge in [0.25, 0.3) is 0 Å². The predicted molar refractivity (Wildman–Crippen MR) is 59.7 cm³/mol. The summed E-state index contributed by atoms with van der Waals surface area (Å²) in [5.74, 6) is 0.486. The lowest BCUT2D eigenvalue weighted by molar-refractivity contribution is 0.103. The first kappa shape index (κ1) is 10.7. The molecule has 0 aliphatic rings. The maximum atomic E-state index is 11.6. The van der Waals surface area contributed by atoms with E-state index >= 15 is 0 Å². The minimum atomic E-state index is 0.0347. The fourth-order valence-corrected chi connectivity index (χ4v) is 1.29. The number of carbonyl (C=O) groups is 1. The Hall–Kier alpha value is -1.37. The molecule has 0 saturated heterocycles. The summed E-state index contributed by atoms with van der Waals surface area (Å²) in [7, 11) is 0. The molecule has 0 N–H and O–H groups in total. The number of rotatable bonds is 3. The Labute approximate surface area is 85.5 Å². The summed E-state index contributed by atoms with van der Waals surface area (Å²) < 4.78 is 0. The topological polar surface area (TPSA) is 17.1 Å². The molecule has 0 atom stereocenters. The van der Waals surface area contributed by atoms with Crippen molar-refractivity contribution in [2.24, 2.45) is 0 Å². The van der Waals surface area contributed by atoms with Gasteiger partial charge in [-0.25, -0.2) is 0 Å². The number of allylic oxidation sites excluding steroid dienone is 1. The summed E-state index contributed by atoms with van der Waals surface area (Å²) in [6.45, 7) is 9.63. The third kappa shape index (κ3) is 2.32. The van der Waals surface area contributed by atoms with Crippen LogP contribution in [0.2, 0.25) is 0 Å². The summed E-state index contributed by atoms with van der Waals surface area (Å²) in [6, 6.07) is 7.75. The molecule has 1 nitrogen and oxygen atoms in total. The number of benzene rings is 1. The van der Waals surface area contributed by atoms with Gasteiger partial charge in [-0.1, -0.05) is 38.6 Å². The molecule has 0 fully saturated rings. The van der Waals surface area contributed by atoms with Gasteiger partial charge in [-0.2, -0.15) is 0 Å². The number of ketones is 1. The molecule has 0 aliphatic heterocycles. The van der Waals surface area contributed by atoms with Gasteiger partial charge in [0.05, 0.1) is 0 Å². The number of Topliss-reactive ketones (excluding diaryl/α,β-unsaturated/α-hetero) is 1. The minimum absolute atomic E-state index is 0.0347. The first-order valence-electron chi connectivity index (χ1n) is 4.82. The molecule has 0 spiro atoms. The fourth-order valence-electron chi connectivity index (χ4n) is 1.29. The molecule has 0 heterocycles. The van der Waals surface area contributed by atoms with Crippen LogP contribution in [0.3, 0.4) is 0 Å². The second kappa shape index (κ2) is 4.23. The molecule has 1 rings (SSSR count). The van der Waals surface area contributed by atoms with Crippen molar-refractivity contribution in [3.05, 3.63) is 47.5 Å². The van der Waals surface area contributed by atoms with Crippen LogP contribution in [0.15, 0.2) is 36.4 Å². The molecule has 0 aliphatic carbocycles. The van der Waals surface area contributed by atoms with Gasteiger partial charge in [-0.3, -0.25) is 4.79 Å². The number of carbonyl (C=O) groups excluding carboxylic acids is 1. The first-order valence-corrected chi connectivity index (χ1v) is 4.82. The van der Waals surface area contributed by atoms with Crippen molar-refractivity contribution in [2.45, 2.75) is 26.7 Å². The highest BCUT2D eigenvalue weighted by Crippen LogP contribution is 2.17. The van der Waals surface area contributed by atoms with Crippen molar-refractivity contribution >= 4 is 5.78 Å². The zero-order valence-corrected chi connectivity index (χ0v) is 9.00. The molecule has 14 heavy (non-hydrogen) atoms. The lowest BCUT2D eigenvalue weighted by Crippen LogP contribution is -2.00. The molecule has 0 bridgehead atoms. The van der Waals surface area contributed by atoms with E-state index in [4.69, 9.17) is 0 Å². The van der Waals surface area contributed by atoms with E-state index in [0.717, 1.165) is 5.56 Å². The number of hydrogen-bond acceptors (Lipinski definition) is 1. The van der Waals surface area contributed by atoms with Crippen LogP contribution in [0, 0.1) is 0 Å². The normalized spacial score (nSPS) is 10.3. The Morgan fingerprint density at radius 1 is 1.36 bits per heavy atom. The van der Waals surface area contributed by atoms with Crippen molar-refractivity contribution in [2.75, 3.05) is 0 Å². The van der Waals surface area contributed by atoms with Crippen molar-refractivity contribution < 1.29 is 4.79 Å². The smallest absolute Gasteiger partial charge is 0.188 e. The maximum absolute atomic E-state index is 11.6. The van der Waals surface area contributed by atoms with Crippen LogP contribution in [0.1, 0.15) is 42.6 Å². The zero-order chi connectivity index (χ0) is 10.7. The van der Waals surface area contributed by atoms with Crippen molar-refractivity contribution in [3.8, 4) is 0 Å². The molecule has 74 valence electrons. The molecule has 1 aromatic rings. The molecule has 1 heteroatoms. The molecule has 0 amide bonds. The summed E-state index contributed by atoms with van der Waals surface area (Å²) >= 11 is 0. The minimum Gasteiger partial charge on any atom is -0.289 e. The van der Waals surface area contributed by atoms with Crippen LogP contribution < -0.4 is 0 Å². The largest absolute Gasteiger partial charge is 0.289 e. The highest BCUT2D eigenvalue weighted by atomic mass is 16.1. The van der Waals surface area contributed by atoms with Gasteiger partial charge in [0, 0.05) is 5.56 Å². The highest BCUT2D eigenvalue weighted by molar-refractivity contribution is 6.07. The Bertz CT molecular complexity index is 361. The third-order valence-electron chi connectivity index (χ3n) is 2.20. The van der Waals surface area contributed by atoms with E-state index in [1.807, 2.05) is 24.3 Å². The molecule has 1 aromatic carbocycles. The second-order valence-corrected chi connectivity index (χ2v) is 3.89. The Balaban J connectivity index is 3.06. The lowest BCUT2D eigenvalue weighted by atomic mass is 9.98. The van der Waals surface area contributed by atoms with E-state index < -0.39 is 0 Å². The van der Waals surface area contributed by atoms with Crippen LogP contribution in [-0.2, 0) is 0 Å². The van der Waals surface area contributed by atoms with Crippen LogP contribution in [0.4, 0.5) is 0 Å². The van der Waals surface area contributed by atoms with Gasteiger partial charge in [-0.15, -0.1) is 0 Å². The van der Waals surface area contributed by atoms with Crippen molar-refractivity contribution in [3.63, 3.8) is 0 Å². The SMILES string of the molecule is C=C(C)C(=O)c1cccc(C(C)C)c1. The maximum Gasteiger partial charge on any atom is 0.188 e. The van der Waals surface area contributed by atoms with Crippen LogP contribution in [-0.4, -0.2) is 5.78 Å². The summed E-state index contributed by atoms with van der Waals surface area (Å²) in [6.07, 6.45) is 0. The zero-order valence-electron chi connectivity index (χ0n) is 9.00. The van der Waals surface area contributed by atoms with E-state index in [1.54, 1.807) is 6.92 Å². The molecule has 0 aromatic heterocycles. The summed E-state index contributed by atoms with van der Waals surface area (Å²) in [4.78, 5) is 11.6. The molecule has 0 unspecified atom stereocenters. The average Bonchev–Trinajstić information content (AvgIpc) is 2.16. The van der Waals surface area contributed by atoms with E-state index in [-0.39, 0.29) is 5.78 Å². The lowest BCUT2D eigenvalue weighted by Gasteiger charge is -2.07. The van der Waals surface area contributed by atoms with Gasteiger partial charge in [0.2, 0.25) is 0 Å². The van der Waals surface area contributed by atoms with Gasteiger partial charge < -0.3 is 0 Å². The third-order valence-corrected chi connectivity index (χ3v) is 2.20. The molecule has 0 radical (unpaired) electrons. The predicted octanol–water partition coefficient (Wildman–Crippen LogP) is 3.57. The Kier molecular flexibility index (Phi) is 3.23. The van der Waals surface area contributed by atoms with E-state index in [1.165, 1.54) is 5.56 Å². The number of hydrogen-bond donors (Lipinski definition) is 0. The first-order chi connectivity index (χ1) is 6.52. The van der Waals surface area contributed by atoms with Gasteiger partial charge in [-0.05, 0) is 30.0 Å². The molecular weight excluding hydrogens is 172 g/mol. The Morgan fingerprint density at radius 3 is 2.50 bits per heavy atom. The van der Waals surface area contributed by atoms with E-state index in [0.29, 0.717) is 11.5 Å². The standard InChI is InChI=1S/C13H16O/c1-9(2)11-6-5-7-12(8-11)13(14)10(3)4/h5-9H,3H2,1-2,4H3. The second-order valence-electron chi connectivity index (χ2n) is 3.89. The van der Waals surface area contributed by atoms with Gasteiger partial charge >= 0.3 is 0 Å². The highest BCUT2D eigenvalue weighted by Gasteiger charge is 2.07. The Morgan fingerprint density at radius 2 is 2.00 bits per heavy atom. The van der Waals surface area contributed by atoms with Gasteiger partial charge in [0.15, 0.2) is 5.78 Å². The quantitative estimate of drug-likeness (QED) is 0.523. The van der Waals surface area contributed by atoms with Crippen molar-refractivity contribution in [1.29, 1.82) is 0 Å². The van der Waals surface area contributed by atoms with Gasteiger partial charge in [0.1, 0.15) is 0 Å². The average molecular weight is 188 g/mol. The monoisotopic (exact) mass is 188 g/mol. The fraction of sp³-hybridized carbons (Fsp3) is 0.308. The summed E-state index contributed by atoms with van der Waals surface area (Å²) in [5, 5.41) is 0. The van der Waals surface area contributed by atoms with Crippen LogP contribution >= 0.6 is 0 Å². The van der Waals surface area contributed by atoms with Crippen LogP contribution in [0.25, 0.3) is 0 Å². The van der Waals surface area contributed by atoms with E-state index in [9.17, 15) is 4.79 Å². The van der Waals surface area contributed by atoms with Crippen molar-refractivity contribution in [1.82, 2.24) is 0 Å². The molecule has 0 saturated carbocycles. The van der Waals surface area contributed by atoms with E-state index in [2.05, 4.69) is 20.4 Å². The van der Waals surface area contributed by atoms with Crippen LogP contribution in [0.5, 0.6) is 0 Å².